The van der Waals surface area contributed by atoms with Crippen molar-refractivity contribution in [1.29, 1.82) is 0 Å². The number of ether oxygens (including phenoxy) is 1. The number of allylic oxidation sites excluding steroid dienone is 2. The molecule has 0 aliphatic carbocycles. The SMILES string of the molecule is CCOC(=O)C(=CC=Cc1cccs1)[N+](=O)[O-]. The molecule has 0 saturated carbocycles. The summed E-state index contributed by atoms with van der Waals surface area (Å²) < 4.78 is 4.57. The third-order valence-electron chi connectivity index (χ3n) is 1.74. The van der Waals surface area contributed by atoms with Crippen molar-refractivity contribution in [3.63, 3.8) is 0 Å². The number of carbonyl (C=O) groups excluding carboxylic acids is 1. The lowest BCUT2D eigenvalue weighted by molar-refractivity contribution is -0.421. The minimum Gasteiger partial charge on any atom is -0.458 e. The van der Waals surface area contributed by atoms with E-state index in [0.717, 1.165) is 11.0 Å². The Balaban J connectivity index is 2.77. The predicted molar refractivity (Wildman–Crippen MR) is 65.1 cm³/mol. The van der Waals surface area contributed by atoms with Crippen LogP contribution in [0.25, 0.3) is 6.08 Å². The maximum Gasteiger partial charge on any atom is 0.409 e. The van der Waals surface area contributed by atoms with Crippen molar-refractivity contribution in [2.75, 3.05) is 6.61 Å². The van der Waals surface area contributed by atoms with Crippen molar-refractivity contribution in [2.45, 2.75) is 6.92 Å². The third kappa shape index (κ3) is 4.20. The van der Waals surface area contributed by atoms with Crippen molar-refractivity contribution in [3.05, 3.63) is 50.4 Å². The third-order valence-corrected chi connectivity index (χ3v) is 2.58. The van der Waals surface area contributed by atoms with E-state index in [4.69, 9.17) is 0 Å². The number of carbonyl (C=O) groups is 1. The Morgan fingerprint density at radius 1 is 1.65 bits per heavy atom. The average Bonchev–Trinajstić information content (AvgIpc) is 2.76. The first-order valence-electron chi connectivity index (χ1n) is 4.88. The van der Waals surface area contributed by atoms with Crippen molar-refractivity contribution < 1.29 is 14.5 Å². The van der Waals surface area contributed by atoms with Crippen LogP contribution in [0.3, 0.4) is 0 Å². The van der Waals surface area contributed by atoms with E-state index in [1.54, 1.807) is 13.0 Å². The minimum absolute atomic E-state index is 0.110. The van der Waals surface area contributed by atoms with Crippen molar-refractivity contribution >= 4 is 23.4 Å². The zero-order valence-corrected chi connectivity index (χ0v) is 9.98. The molecule has 0 fully saturated rings. The molecule has 0 bridgehead atoms. The highest BCUT2D eigenvalue weighted by Gasteiger charge is 2.21. The molecular weight excluding hydrogens is 242 g/mol. The molecule has 0 unspecified atom stereocenters. The van der Waals surface area contributed by atoms with E-state index < -0.39 is 16.6 Å². The molecule has 1 aromatic rings. The lowest BCUT2D eigenvalue weighted by Gasteiger charge is -1.97. The van der Waals surface area contributed by atoms with Crippen LogP contribution in [0.5, 0.6) is 0 Å². The van der Waals surface area contributed by atoms with Crippen molar-refractivity contribution in [3.8, 4) is 0 Å². The minimum atomic E-state index is -0.923. The Morgan fingerprint density at radius 2 is 2.41 bits per heavy atom. The summed E-state index contributed by atoms with van der Waals surface area (Å²) >= 11 is 1.50. The van der Waals surface area contributed by atoms with Crippen LogP contribution in [0, 0.1) is 10.1 Å². The smallest absolute Gasteiger partial charge is 0.409 e. The van der Waals surface area contributed by atoms with Gasteiger partial charge in [0.15, 0.2) is 0 Å². The highest BCUT2D eigenvalue weighted by Crippen LogP contribution is 2.10. The summed E-state index contributed by atoms with van der Waals surface area (Å²) in [5, 5.41) is 12.5. The summed E-state index contributed by atoms with van der Waals surface area (Å²) in [6, 6.07) is 3.74. The molecule has 0 atom stereocenters. The van der Waals surface area contributed by atoms with Gasteiger partial charge in [0.25, 0.3) is 0 Å². The van der Waals surface area contributed by atoms with Crippen LogP contribution in [-0.4, -0.2) is 17.5 Å². The summed E-state index contributed by atoms with van der Waals surface area (Å²) in [6.07, 6.45) is 4.28. The lowest BCUT2D eigenvalue weighted by atomic mass is 10.3. The first-order valence-corrected chi connectivity index (χ1v) is 5.76. The van der Waals surface area contributed by atoms with Gasteiger partial charge in [0.1, 0.15) is 0 Å². The van der Waals surface area contributed by atoms with Crippen molar-refractivity contribution in [2.24, 2.45) is 0 Å². The van der Waals surface area contributed by atoms with E-state index in [1.807, 2.05) is 17.5 Å². The largest absolute Gasteiger partial charge is 0.458 e. The van der Waals surface area contributed by atoms with Crippen LogP contribution in [0.2, 0.25) is 0 Å². The second-order valence-electron chi connectivity index (χ2n) is 2.90. The second-order valence-corrected chi connectivity index (χ2v) is 3.88. The number of thiophene rings is 1. The molecule has 17 heavy (non-hydrogen) atoms. The summed E-state index contributed by atoms with van der Waals surface area (Å²) in [5.41, 5.74) is -0.570. The normalized spacial score (nSPS) is 11.7. The highest BCUT2D eigenvalue weighted by molar-refractivity contribution is 7.10. The van der Waals surface area contributed by atoms with E-state index in [-0.39, 0.29) is 6.61 Å². The molecule has 1 rings (SSSR count). The molecule has 1 aromatic heterocycles. The van der Waals surface area contributed by atoms with E-state index in [0.29, 0.717) is 0 Å². The summed E-state index contributed by atoms with van der Waals surface area (Å²) in [7, 11) is 0. The number of rotatable bonds is 5. The van der Waals surface area contributed by atoms with Crippen LogP contribution in [0.4, 0.5) is 0 Å². The molecule has 0 N–H and O–H groups in total. The summed E-state index contributed by atoms with van der Waals surface area (Å²) in [6.45, 7) is 1.70. The Bertz CT molecular complexity index is 448. The van der Waals surface area contributed by atoms with E-state index in [1.165, 1.54) is 17.4 Å². The maximum absolute atomic E-state index is 11.2. The molecule has 0 saturated heterocycles. The van der Waals surface area contributed by atoms with Gasteiger partial charge < -0.3 is 4.74 Å². The fourth-order valence-electron chi connectivity index (χ4n) is 1.03. The number of nitrogens with zero attached hydrogens (tertiary/aromatic N) is 1. The van der Waals surface area contributed by atoms with Gasteiger partial charge in [-0.15, -0.1) is 11.3 Å². The van der Waals surface area contributed by atoms with Gasteiger partial charge in [-0.25, -0.2) is 4.79 Å². The van der Waals surface area contributed by atoms with E-state index in [2.05, 4.69) is 4.74 Å². The zero-order chi connectivity index (χ0) is 12.7. The molecule has 0 aromatic carbocycles. The summed E-state index contributed by atoms with van der Waals surface area (Å²) in [5.74, 6) is -0.923. The quantitative estimate of drug-likeness (QED) is 0.266. The highest BCUT2D eigenvalue weighted by atomic mass is 32.1. The van der Waals surface area contributed by atoms with E-state index >= 15 is 0 Å². The zero-order valence-electron chi connectivity index (χ0n) is 9.16. The first kappa shape index (κ1) is 13.1. The van der Waals surface area contributed by atoms with Gasteiger partial charge in [-0.1, -0.05) is 12.1 Å². The fraction of sp³-hybridized carbons (Fsp3) is 0.182. The van der Waals surface area contributed by atoms with Gasteiger partial charge in [0, 0.05) is 11.0 Å². The number of hydrogen-bond acceptors (Lipinski definition) is 5. The van der Waals surface area contributed by atoms with Crippen LogP contribution in [-0.2, 0) is 9.53 Å². The Hall–Kier alpha value is -1.95. The van der Waals surface area contributed by atoms with Crippen molar-refractivity contribution in [1.82, 2.24) is 0 Å². The Kier molecular flexibility index (Phi) is 5.09. The Morgan fingerprint density at radius 3 is 2.94 bits per heavy atom. The number of hydrogen-bond donors (Lipinski definition) is 0. The molecule has 1 heterocycles. The number of nitro groups is 1. The molecule has 0 spiro atoms. The first-order chi connectivity index (χ1) is 8.15. The van der Waals surface area contributed by atoms with Crippen LogP contribution in [0.15, 0.2) is 35.4 Å². The second kappa shape index (κ2) is 6.59. The predicted octanol–water partition coefficient (Wildman–Crippen LogP) is 2.49. The van der Waals surface area contributed by atoms with Gasteiger partial charge in [-0.2, -0.15) is 0 Å². The van der Waals surface area contributed by atoms with Crippen LogP contribution in [0.1, 0.15) is 11.8 Å². The van der Waals surface area contributed by atoms with Gasteiger partial charge >= 0.3 is 11.7 Å². The molecule has 0 aliphatic heterocycles. The monoisotopic (exact) mass is 253 g/mol. The number of esters is 1. The van der Waals surface area contributed by atoms with Crippen LogP contribution >= 0.6 is 11.3 Å². The van der Waals surface area contributed by atoms with Gasteiger partial charge in [0.2, 0.25) is 0 Å². The topological polar surface area (TPSA) is 69.4 Å². The maximum atomic E-state index is 11.2. The molecule has 6 heteroatoms. The molecular formula is C11H11NO4S. The molecule has 0 aliphatic rings. The van der Waals surface area contributed by atoms with Crippen LogP contribution < -0.4 is 0 Å². The van der Waals surface area contributed by atoms with E-state index in [9.17, 15) is 14.9 Å². The molecule has 90 valence electrons. The summed E-state index contributed by atoms with van der Waals surface area (Å²) in [4.78, 5) is 22.0. The fourth-order valence-corrected chi connectivity index (χ4v) is 1.66. The van der Waals surface area contributed by atoms with Gasteiger partial charge in [0.05, 0.1) is 11.5 Å². The van der Waals surface area contributed by atoms with Gasteiger partial charge in [-0.05, 0) is 24.4 Å². The Labute approximate surface area is 102 Å². The molecule has 0 radical (unpaired) electrons. The average molecular weight is 253 g/mol. The molecule has 0 amide bonds. The lowest BCUT2D eigenvalue weighted by Crippen LogP contribution is -2.14. The standard InChI is InChI=1S/C11H11NO4S/c1-2-16-11(13)10(12(14)15)7-3-5-9-6-4-8-17-9/h3-8H,2H2,1H3. The molecule has 5 nitrogen and oxygen atoms in total. The van der Waals surface area contributed by atoms with Gasteiger partial charge in [-0.3, -0.25) is 10.1 Å².